The molecule has 180 valence electrons. The van der Waals surface area contributed by atoms with Gasteiger partial charge in [0.25, 0.3) is 14.2 Å². The molecule has 2 aromatic carbocycles. The van der Waals surface area contributed by atoms with Gasteiger partial charge < -0.3 is 24.9 Å². The molecular formula is C26H38N2O4Si. The molecule has 6 nitrogen and oxygen atoms in total. The van der Waals surface area contributed by atoms with Gasteiger partial charge in [0.05, 0.1) is 25.3 Å². The summed E-state index contributed by atoms with van der Waals surface area (Å²) in [6.07, 6.45) is 0.613. The Balaban J connectivity index is 2.04. The van der Waals surface area contributed by atoms with Crippen LogP contribution in [0.4, 0.5) is 11.4 Å². The van der Waals surface area contributed by atoms with Gasteiger partial charge in [-0.05, 0) is 40.7 Å². The topological polar surface area (TPSA) is 85.0 Å². The second-order valence-electron chi connectivity index (χ2n) is 9.85. The average Bonchev–Trinajstić information content (AvgIpc) is 3.15. The van der Waals surface area contributed by atoms with E-state index in [1.54, 1.807) is 24.1 Å². The first-order valence-electron chi connectivity index (χ1n) is 11.8. The second-order valence-corrected chi connectivity index (χ2v) is 15.2. The molecular weight excluding hydrogens is 432 g/mol. The Morgan fingerprint density at radius 3 is 2.24 bits per heavy atom. The Kier molecular flexibility index (Phi) is 7.44. The molecule has 0 saturated carbocycles. The number of aliphatic hydroxyl groups excluding tert-OH is 1. The summed E-state index contributed by atoms with van der Waals surface area (Å²) in [4.78, 5) is 15.3. The Hall–Kier alpha value is -2.51. The first-order valence-corrected chi connectivity index (χ1v) is 13.9. The lowest BCUT2D eigenvalue weighted by Gasteiger charge is -2.42. The number of nitrogens with two attached hydrogens (primary N) is 1. The number of para-hydroxylation sites is 1. The van der Waals surface area contributed by atoms with Gasteiger partial charge in [0.1, 0.15) is 5.75 Å². The van der Waals surface area contributed by atoms with Crippen molar-refractivity contribution in [1.82, 2.24) is 0 Å². The molecule has 1 aliphatic rings. The molecule has 1 aliphatic heterocycles. The van der Waals surface area contributed by atoms with Crippen LogP contribution in [-0.2, 0) is 6.42 Å². The van der Waals surface area contributed by atoms with Crippen LogP contribution in [0.2, 0.25) is 16.6 Å². The van der Waals surface area contributed by atoms with Crippen molar-refractivity contribution in [3.05, 3.63) is 47.5 Å². The van der Waals surface area contributed by atoms with E-state index in [1.165, 1.54) is 0 Å². The monoisotopic (exact) mass is 470 g/mol. The fourth-order valence-corrected chi connectivity index (χ4v) is 10.8. The Bertz CT molecular complexity index is 984. The van der Waals surface area contributed by atoms with E-state index in [-0.39, 0.29) is 18.6 Å². The molecule has 33 heavy (non-hydrogen) atoms. The average molecular weight is 471 g/mol. The van der Waals surface area contributed by atoms with Crippen LogP contribution in [0.25, 0.3) is 0 Å². The first-order chi connectivity index (χ1) is 15.6. The van der Waals surface area contributed by atoms with Crippen LogP contribution in [0.15, 0.2) is 36.4 Å². The summed E-state index contributed by atoms with van der Waals surface area (Å²) in [5, 5.41) is 9.94. The van der Waals surface area contributed by atoms with Crippen LogP contribution < -0.4 is 19.8 Å². The van der Waals surface area contributed by atoms with E-state index in [4.69, 9.17) is 14.9 Å². The molecule has 0 aliphatic carbocycles. The van der Waals surface area contributed by atoms with E-state index in [0.717, 1.165) is 11.3 Å². The lowest BCUT2D eigenvalue weighted by Crippen LogP contribution is -2.50. The van der Waals surface area contributed by atoms with Crippen molar-refractivity contribution in [2.75, 3.05) is 24.4 Å². The standard InChI is InChI=1S/C26H38N2O4Si/c1-16(2)33(17(3)4,18(5)6)32-25-14-22(27)21(13-24(25)31-7)26(30)28-20(15-29)12-19-10-8-9-11-23(19)28/h8-11,13-14,16-18,20,29H,12,15,27H2,1-7H3/t20-/m0/s1. The zero-order chi connectivity index (χ0) is 24.5. The number of fused-ring (bicyclic) bond motifs is 1. The summed E-state index contributed by atoms with van der Waals surface area (Å²) in [6, 6.07) is 10.8. The van der Waals surface area contributed by atoms with Gasteiger partial charge in [-0.25, -0.2) is 0 Å². The smallest absolute Gasteiger partial charge is 0.260 e. The second kappa shape index (κ2) is 9.77. The molecule has 3 rings (SSSR count). The van der Waals surface area contributed by atoms with Crippen molar-refractivity contribution in [1.29, 1.82) is 0 Å². The molecule has 1 atom stereocenters. The quantitative estimate of drug-likeness (QED) is 0.399. The fraction of sp³-hybridized carbons (Fsp3) is 0.500. The number of nitrogens with zero attached hydrogens (tertiary/aromatic N) is 1. The zero-order valence-corrected chi connectivity index (χ0v) is 21.9. The predicted molar refractivity (Wildman–Crippen MR) is 137 cm³/mol. The molecule has 0 bridgehead atoms. The maximum absolute atomic E-state index is 13.6. The summed E-state index contributed by atoms with van der Waals surface area (Å²) in [5.74, 6) is 0.843. The SMILES string of the molecule is COc1cc(C(=O)N2c3ccccc3C[C@H]2CO)c(N)cc1O[Si](C(C)C)(C(C)C)C(C)C. The van der Waals surface area contributed by atoms with Crippen molar-refractivity contribution < 1.29 is 19.1 Å². The van der Waals surface area contributed by atoms with Gasteiger partial charge >= 0.3 is 0 Å². The molecule has 0 spiro atoms. The first kappa shape index (κ1) is 25.1. The number of carbonyl (C=O) groups excluding carboxylic acids is 1. The van der Waals surface area contributed by atoms with E-state index in [2.05, 4.69) is 41.5 Å². The maximum Gasteiger partial charge on any atom is 0.260 e. The summed E-state index contributed by atoms with van der Waals surface area (Å²) >= 11 is 0. The lowest BCUT2D eigenvalue weighted by molar-refractivity contribution is 0.0968. The Morgan fingerprint density at radius 2 is 1.70 bits per heavy atom. The van der Waals surface area contributed by atoms with Gasteiger partial charge in [0, 0.05) is 17.4 Å². The minimum atomic E-state index is -2.24. The number of ether oxygens (including phenoxy) is 1. The van der Waals surface area contributed by atoms with E-state index in [0.29, 0.717) is 45.8 Å². The van der Waals surface area contributed by atoms with Crippen LogP contribution in [-0.4, -0.2) is 39.1 Å². The number of nitrogen functional groups attached to an aromatic ring is 1. The highest BCUT2D eigenvalue weighted by Crippen LogP contribution is 2.46. The number of methoxy groups -OCH3 is 1. The minimum Gasteiger partial charge on any atom is -0.540 e. The Morgan fingerprint density at radius 1 is 1.09 bits per heavy atom. The van der Waals surface area contributed by atoms with Gasteiger partial charge in [-0.1, -0.05) is 59.7 Å². The summed E-state index contributed by atoms with van der Waals surface area (Å²) < 4.78 is 12.5. The number of carbonyl (C=O) groups is 1. The molecule has 0 saturated heterocycles. The number of rotatable bonds is 8. The molecule has 3 N–H and O–H groups in total. The van der Waals surface area contributed by atoms with Gasteiger partial charge in [-0.2, -0.15) is 0 Å². The van der Waals surface area contributed by atoms with Crippen molar-refractivity contribution in [3.63, 3.8) is 0 Å². The molecule has 1 heterocycles. The van der Waals surface area contributed by atoms with Crippen LogP contribution >= 0.6 is 0 Å². The van der Waals surface area contributed by atoms with Crippen molar-refractivity contribution in [3.8, 4) is 11.5 Å². The summed E-state index contributed by atoms with van der Waals surface area (Å²) in [6.45, 7) is 13.2. The molecule has 0 fully saturated rings. The van der Waals surface area contributed by atoms with Gasteiger partial charge in [0.2, 0.25) is 0 Å². The zero-order valence-electron chi connectivity index (χ0n) is 20.9. The minimum absolute atomic E-state index is 0.121. The van der Waals surface area contributed by atoms with Gasteiger partial charge in [0.15, 0.2) is 5.75 Å². The highest BCUT2D eigenvalue weighted by atomic mass is 28.4. The third-order valence-electron chi connectivity index (χ3n) is 7.06. The number of amides is 1. The normalized spacial score (nSPS) is 16.0. The third kappa shape index (κ3) is 4.36. The van der Waals surface area contributed by atoms with Gasteiger partial charge in [-0.15, -0.1) is 0 Å². The molecule has 7 heteroatoms. The van der Waals surface area contributed by atoms with E-state index >= 15 is 0 Å². The van der Waals surface area contributed by atoms with Crippen molar-refractivity contribution >= 4 is 25.6 Å². The van der Waals surface area contributed by atoms with E-state index in [9.17, 15) is 9.90 Å². The molecule has 2 aromatic rings. The molecule has 0 aromatic heterocycles. The number of hydrogen-bond acceptors (Lipinski definition) is 5. The number of aliphatic hydroxyl groups is 1. The Labute approximate surface area is 198 Å². The predicted octanol–water partition coefficient (Wildman–Crippen LogP) is 5.40. The van der Waals surface area contributed by atoms with Crippen molar-refractivity contribution in [2.45, 2.75) is 70.6 Å². The van der Waals surface area contributed by atoms with Gasteiger partial charge in [-0.3, -0.25) is 4.79 Å². The number of benzene rings is 2. The number of hydrogen-bond donors (Lipinski definition) is 2. The van der Waals surface area contributed by atoms with Crippen LogP contribution in [0.5, 0.6) is 11.5 Å². The molecule has 0 radical (unpaired) electrons. The van der Waals surface area contributed by atoms with Crippen molar-refractivity contribution in [2.24, 2.45) is 0 Å². The third-order valence-corrected chi connectivity index (χ3v) is 13.0. The maximum atomic E-state index is 13.6. The molecule has 1 amide bonds. The fourth-order valence-electron chi connectivity index (χ4n) is 5.56. The largest absolute Gasteiger partial charge is 0.540 e. The van der Waals surface area contributed by atoms with Crippen LogP contribution in [0.1, 0.15) is 57.5 Å². The lowest BCUT2D eigenvalue weighted by atomic mass is 10.1. The highest BCUT2D eigenvalue weighted by molar-refractivity contribution is 6.78. The highest BCUT2D eigenvalue weighted by Gasteiger charge is 2.47. The van der Waals surface area contributed by atoms with Crippen LogP contribution in [0.3, 0.4) is 0 Å². The number of anilines is 2. The summed E-state index contributed by atoms with van der Waals surface area (Å²) in [5.41, 5.74) is 10.1. The van der Waals surface area contributed by atoms with Crippen LogP contribution in [0, 0.1) is 0 Å². The molecule has 0 unspecified atom stereocenters. The summed E-state index contributed by atoms with van der Waals surface area (Å²) in [7, 11) is -0.656. The van der Waals surface area contributed by atoms with E-state index in [1.807, 2.05) is 24.3 Å². The van der Waals surface area contributed by atoms with E-state index < -0.39 is 8.32 Å².